The summed E-state index contributed by atoms with van der Waals surface area (Å²) in [5.41, 5.74) is 5.25. The normalized spacial score (nSPS) is 12.5. The van der Waals surface area contributed by atoms with Crippen molar-refractivity contribution in [1.82, 2.24) is 5.01 Å². The Kier molecular flexibility index (Phi) is 12.5. The summed E-state index contributed by atoms with van der Waals surface area (Å²) in [6, 6.07) is 53.5. The molecule has 0 saturated heterocycles. The van der Waals surface area contributed by atoms with Gasteiger partial charge in [0, 0.05) is 18.3 Å². The third kappa shape index (κ3) is 8.56. The zero-order chi connectivity index (χ0) is 28.9. The van der Waals surface area contributed by atoms with Crippen LogP contribution in [0.2, 0.25) is 0 Å². The maximum atomic E-state index is 4.81. The molecule has 0 radical (unpaired) electrons. The third-order valence-corrected chi connectivity index (χ3v) is 9.26. The molecule has 5 aromatic carbocycles. The summed E-state index contributed by atoms with van der Waals surface area (Å²) in [6.45, 7) is 3.11. The van der Waals surface area contributed by atoms with E-state index in [-0.39, 0.29) is 15.9 Å². The molecule has 5 aromatic rings. The molecule has 0 bridgehead atoms. The second-order valence-electron chi connectivity index (χ2n) is 9.23. The molecule has 0 N–H and O–H groups in total. The summed E-state index contributed by atoms with van der Waals surface area (Å²) >= 11 is -0.106. The number of para-hydroxylation sites is 1. The Morgan fingerprint density at radius 2 is 0.902 bits per heavy atom. The summed E-state index contributed by atoms with van der Waals surface area (Å²) < 4.78 is 0. The SMILES string of the molecule is CC1=C(c2ccccc2)CN(c2ccccc2)N1C.[Cl][Pd][Cl].c1ccc(P(c2ccccc2)c2ccccc2)cc1. The predicted molar refractivity (Wildman–Crippen MR) is 177 cm³/mol. The van der Waals surface area contributed by atoms with E-state index in [0.717, 1.165) is 6.54 Å². The van der Waals surface area contributed by atoms with Crippen molar-refractivity contribution in [2.75, 3.05) is 18.6 Å². The topological polar surface area (TPSA) is 6.48 Å². The maximum absolute atomic E-state index is 4.81. The van der Waals surface area contributed by atoms with Gasteiger partial charge in [-0.2, -0.15) is 0 Å². The molecule has 0 atom stereocenters. The molecule has 212 valence electrons. The Morgan fingerprint density at radius 3 is 1.29 bits per heavy atom. The van der Waals surface area contributed by atoms with Gasteiger partial charge in [-0.15, -0.1) is 0 Å². The largest absolute Gasteiger partial charge is 0.0622 e. The van der Waals surface area contributed by atoms with Gasteiger partial charge in [-0.1, -0.05) is 140 Å². The predicted octanol–water partition coefficient (Wildman–Crippen LogP) is 8.61. The van der Waals surface area contributed by atoms with E-state index in [1.165, 1.54) is 38.4 Å². The number of benzene rings is 5. The molecule has 1 aliphatic rings. The first-order valence-electron chi connectivity index (χ1n) is 13.2. The van der Waals surface area contributed by atoms with Crippen LogP contribution in [0.25, 0.3) is 5.57 Å². The summed E-state index contributed by atoms with van der Waals surface area (Å²) in [5, 5.41) is 8.73. The van der Waals surface area contributed by atoms with Gasteiger partial charge < -0.3 is 0 Å². The van der Waals surface area contributed by atoms with Crippen LogP contribution in [0.5, 0.6) is 0 Å². The number of nitrogens with zero attached hydrogens (tertiary/aromatic N) is 2. The average Bonchev–Trinajstić information content (AvgIpc) is 3.34. The van der Waals surface area contributed by atoms with Crippen molar-refractivity contribution < 1.29 is 15.9 Å². The Balaban J connectivity index is 0.000000173. The maximum Gasteiger partial charge on any atom is -0.0134 e. The van der Waals surface area contributed by atoms with E-state index < -0.39 is 7.92 Å². The molecular weight excluding hydrogens is 657 g/mol. The van der Waals surface area contributed by atoms with E-state index in [1.54, 1.807) is 0 Å². The molecular formula is C35H33Cl2N2PPd. The quantitative estimate of drug-likeness (QED) is 0.135. The summed E-state index contributed by atoms with van der Waals surface area (Å²) in [6.07, 6.45) is 0. The summed E-state index contributed by atoms with van der Waals surface area (Å²) in [5.74, 6) is 0. The van der Waals surface area contributed by atoms with Crippen molar-refractivity contribution in [3.8, 4) is 0 Å². The second-order valence-corrected chi connectivity index (χ2v) is 13.8. The summed E-state index contributed by atoms with van der Waals surface area (Å²) in [7, 11) is 11.3. The van der Waals surface area contributed by atoms with Crippen LogP contribution < -0.4 is 20.9 Å². The van der Waals surface area contributed by atoms with Crippen LogP contribution in [-0.4, -0.2) is 18.6 Å². The Morgan fingerprint density at radius 1 is 0.561 bits per heavy atom. The van der Waals surface area contributed by atoms with Gasteiger partial charge >= 0.3 is 35.0 Å². The Hall–Kier alpha value is -2.89. The van der Waals surface area contributed by atoms with Gasteiger partial charge in [0.1, 0.15) is 0 Å². The minimum atomic E-state index is -0.446. The van der Waals surface area contributed by atoms with Gasteiger partial charge in [-0.3, -0.25) is 10.0 Å². The van der Waals surface area contributed by atoms with Crippen LogP contribution in [0.4, 0.5) is 5.69 Å². The van der Waals surface area contributed by atoms with E-state index >= 15 is 0 Å². The van der Waals surface area contributed by atoms with E-state index in [2.05, 4.69) is 176 Å². The molecule has 6 rings (SSSR count). The molecule has 0 aliphatic carbocycles. The number of anilines is 1. The minimum absolute atomic E-state index is 0.106. The average molecular weight is 690 g/mol. The van der Waals surface area contributed by atoms with E-state index in [1.807, 2.05) is 0 Å². The van der Waals surface area contributed by atoms with Crippen molar-refractivity contribution in [3.63, 3.8) is 0 Å². The van der Waals surface area contributed by atoms with Gasteiger partial charge in [0.25, 0.3) is 0 Å². The van der Waals surface area contributed by atoms with Crippen molar-refractivity contribution in [2.24, 2.45) is 0 Å². The molecule has 0 spiro atoms. The molecule has 0 fully saturated rings. The van der Waals surface area contributed by atoms with Gasteiger partial charge in [-0.25, -0.2) is 0 Å². The first kappa shape index (κ1) is 31.1. The number of hydrazine groups is 1. The molecule has 0 amide bonds. The molecule has 1 heterocycles. The fourth-order valence-corrected chi connectivity index (χ4v) is 7.03. The molecule has 1 aliphatic heterocycles. The standard InChI is InChI=1S/C18H15P.C17H18N2.2ClH.Pd/c1-4-10-16(11-5-1)19(17-12-6-2-7-13-17)18-14-8-3-9-15-18;1-14-17(15-9-5-3-6-10-15)13-19(18(14)2)16-11-7-4-8-12-16;;;/h1-15H;3-12H,13H2,1-2H3;2*1H;/q;;;;+2/p-2. The van der Waals surface area contributed by atoms with Gasteiger partial charge in [-0.05, 0) is 48.5 Å². The number of hydrogen-bond acceptors (Lipinski definition) is 2. The van der Waals surface area contributed by atoms with Crippen LogP contribution in [0.3, 0.4) is 0 Å². The fraction of sp³-hybridized carbons (Fsp3) is 0.0857. The molecule has 6 heteroatoms. The van der Waals surface area contributed by atoms with Crippen LogP contribution in [-0.2, 0) is 15.9 Å². The van der Waals surface area contributed by atoms with Crippen LogP contribution in [0, 0.1) is 0 Å². The molecule has 2 nitrogen and oxygen atoms in total. The first-order valence-corrected chi connectivity index (χ1v) is 18.6. The van der Waals surface area contributed by atoms with Crippen LogP contribution in [0.1, 0.15) is 12.5 Å². The number of halogens is 2. The molecule has 41 heavy (non-hydrogen) atoms. The minimum Gasteiger partial charge on any atom is -0.0622 e. The van der Waals surface area contributed by atoms with Gasteiger partial charge in [0.05, 0.1) is 12.2 Å². The van der Waals surface area contributed by atoms with Gasteiger partial charge in [0.2, 0.25) is 0 Å². The fourth-order valence-electron chi connectivity index (χ4n) is 4.73. The van der Waals surface area contributed by atoms with E-state index in [9.17, 15) is 0 Å². The molecule has 0 saturated carbocycles. The van der Waals surface area contributed by atoms with Gasteiger partial charge in [0.15, 0.2) is 0 Å². The van der Waals surface area contributed by atoms with Crippen molar-refractivity contribution in [1.29, 1.82) is 0 Å². The number of allylic oxidation sites excluding steroid dienone is 1. The molecule has 0 unspecified atom stereocenters. The Bertz CT molecular complexity index is 1380. The van der Waals surface area contributed by atoms with Crippen LogP contribution in [0.15, 0.2) is 157 Å². The van der Waals surface area contributed by atoms with Crippen molar-refractivity contribution in [2.45, 2.75) is 6.92 Å². The first-order chi connectivity index (χ1) is 20.1. The smallest absolute Gasteiger partial charge is 0.0134 e. The number of hydrogen-bond donors (Lipinski definition) is 0. The van der Waals surface area contributed by atoms with Crippen molar-refractivity contribution in [3.05, 3.63) is 163 Å². The second kappa shape index (κ2) is 16.5. The van der Waals surface area contributed by atoms with E-state index in [0.29, 0.717) is 0 Å². The van der Waals surface area contributed by atoms with Crippen LogP contribution >= 0.6 is 27.0 Å². The zero-order valence-corrected chi connectivity index (χ0v) is 27.0. The third-order valence-electron chi connectivity index (χ3n) is 6.81. The van der Waals surface area contributed by atoms with E-state index in [4.69, 9.17) is 19.1 Å². The summed E-state index contributed by atoms with van der Waals surface area (Å²) in [4.78, 5) is 0. The zero-order valence-electron chi connectivity index (χ0n) is 23.1. The van der Waals surface area contributed by atoms with Crippen molar-refractivity contribution >= 4 is 54.2 Å². The Labute approximate surface area is 262 Å². The number of rotatable bonds is 5. The molecule has 0 aromatic heterocycles. The monoisotopic (exact) mass is 688 g/mol.